The number of rotatable bonds is 3. The Hall–Kier alpha value is -2.54. The predicted molar refractivity (Wildman–Crippen MR) is 98.9 cm³/mol. The number of aryl methyl sites for hydroxylation is 1. The largest absolute Gasteiger partial charge is 0.329 e. The molecule has 1 fully saturated rings. The smallest absolute Gasteiger partial charge is 0.257 e. The van der Waals surface area contributed by atoms with Gasteiger partial charge in [-0.15, -0.1) is 0 Å². The van der Waals surface area contributed by atoms with Crippen molar-refractivity contribution < 1.29 is 9.18 Å². The Morgan fingerprint density at radius 2 is 1.96 bits per heavy atom. The van der Waals surface area contributed by atoms with E-state index < -0.39 is 5.82 Å². The van der Waals surface area contributed by atoms with Crippen LogP contribution in [-0.2, 0) is 19.6 Å². The van der Waals surface area contributed by atoms with Crippen LogP contribution in [0.25, 0.3) is 0 Å². The molecule has 0 N–H and O–H groups in total. The van der Waals surface area contributed by atoms with Crippen molar-refractivity contribution in [1.29, 1.82) is 0 Å². The number of benzene rings is 1. The monoisotopic (exact) mass is 370 g/mol. The molecule has 2 aliphatic heterocycles. The van der Waals surface area contributed by atoms with Gasteiger partial charge in [-0.25, -0.2) is 9.37 Å². The van der Waals surface area contributed by atoms with Crippen molar-refractivity contribution in [2.75, 3.05) is 19.6 Å². The van der Waals surface area contributed by atoms with E-state index in [1.807, 2.05) is 0 Å². The molecular formula is C20H23FN4O2. The van der Waals surface area contributed by atoms with Crippen LogP contribution in [0.4, 0.5) is 4.39 Å². The molecule has 0 bridgehead atoms. The number of carbonyl (C=O) groups excluding carboxylic acids is 1. The summed E-state index contributed by atoms with van der Waals surface area (Å²) in [6.07, 6.45) is 2.35. The van der Waals surface area contributed by atoms with Crippen molar-refractivity contribution in [3.8, 4) is 0 Å². The van der Waals surface area contributed by atoms with E-state index in [2.05, 4.69) is 9.88 Å². The van der Waals surface area contributed by atoms with Gasteiger partial charge in [0, 0.05) is 25.7 Å². The van der Waals surface area contributed by atoms with E-state index in [-0.39, 0.29) is 23.6 Å². The third-order valence-electron chi connectivity index (χ3n) is 5.37. The molecule has 0 radical (unpaired) electrons. The van der Waals surface area contributed by atoms with Crippen molar-refractivity contribution >= 4 is 5.91 Å². The van der Waals surface area contributed by atoms with Gasteiger partial charge in [-0.2, -0.15) is 0 Å². The summed E-state index contributed by atoms with van der Waals surface area (Å²) in [6, 6.07) is 6.22. The van der Waals surface area contributed by atoms with Crippen LogP contribution in [0.2, 0.25) is 0 Å². The molecule has 142 valence electrons. The Balaban J connectivity index is 1.59. The molecule has 1 aromatic heterocycles. The molecular weight excluding hydrogens is 347 g/mol. The third-order valence-corrected chi connectivity index (χ3v) is 5.37. The molecule has 0 unspecified atom stereocenters. The molecule has 3 heterocycles. The van der Waals surface area contributed by atoms with E-state index >= 15 is 0 Å². The molecule has 0 saturated carbocycles. The molecule has 0 spiro atoms. The maximum atomic E-state index is 14.2. The van der Waals surface area contributed by atoms with Gasteiger partial charge < -0.3 is 4.90 Å². The van der Waals surface area contributed by atoms with E-state index in [9.17, 15) is 14.0 Å². The summed E-state index contributed by atoms with van der Waals surface area (Å²) in [6.45, 7) is 5.40. The zero-order valence-electron chi connectivity index (χ0n) is 15.4. The summed E-state index contributed by atoms with van der Waals surface area (Å²) in [4.78, 5) is 33.8. The van der Waals surface area contributed by atoms with Gasteiger partial charge in [0.2, 0.25) is 0 Å². The first-order chi connectivity index (χ1) is 13.0. The highest BCUT2D eigenvalue weighted by atomic mass is 19.1. The van der Waals surface area contributed by atoms with Gasteiger partial charge in [-0.1, -0.05) is 12.1 Å². The molecule has 7 heteroatoms. The fourth-order valence-corrected chi connectivity index (χ4v) is 3.92. The Bertz CT molecular complexity index is 914. The molecule has 27 heavy (non-hydrogen) atoms. The lowest BCUT2D eigenvalue weighted by atomic mass is 10.1. The number of amides is 1. The van der Waals surface area contributed by atoms with Crippen LogP contribution in [0.5, 0.6) is 0 Å². The first-order valence-electron chi connectivity index (χ1n) is 9.39. The van der Waals surface area contributed by atoms with Gasteiger partial charge in [0.25, 0.3) is 11.5 Å². The minimum atomic E-state index is -0.515. The van der Waals surface area contributed by atoms with Crippen LogP contribution in [0.3, 0.4) is 0 Å². The van der Waals surface area contributed by atoms with Crippen LogP contribution >= 0.6 is 0 Å². The molecule has 0 aliphatic carbocycles. The molecule has 1 amide bonds. The third kappa shape index (κ3) is 3.51. The molecule has 4 rings (SSSR count). The molecule has 0 atom stereocenters. The Morgan fingerprint density at radius 3 is 2.70 bits per heavy atom. The number of halogens is 1. The fraction of sp³-hybridized carbons (Fsp3) is 0.450. The van der Waals surface area contributed by atoms with E-state index in [0.29, 0.717) is 31.0 Å². The first-order valence-corrected chi connectivity index (χ1v) is 9.39. The Morgan fingerprint density at radius 1 is 1.19 bits per heavy atom. The molecule has 6 nitrogen and oxygen atoms in total. The number of hydrogen-bond acceptors (Lipinski definition) is 4. The SMILES string of the molecule is Cc1cccc(F)c1C(=O)N1CCn2c(nc(CN3CCCC3)cc2=O)C1. The highest BCUT2D eigenvalue weighted by molar-refractivity contribution is 5.95. The summed E-state index contributed by atoms with van der Waals surface area (Å²) in [5, 5.41) is 0. The zero-order chi connectivity index (χ0) is 19.0. The van der Waals surface area contributed by atoms with Crippen LogP contribution in [0.15, 0.2) is 29.1 Å². The standard InChI is InChI=1S/C20H23FN4O2/c1-14-5-4-6-16(21)19(14)20(27)24-9-10-25-17(13-24)22-15(11-18(25)26)12-23-7-2-3-8-23/h4-6,11H,2-3,7-10,12-13H2,1H3. The summed E-state index contributed by atoms with van der Waals surface area (Å²) < 4.78 is 15.8. The number of aromatic nitrogens is 2. The lowest BCUT2D eigenvalue weighted by Crippen LogP contribution is -2.43. The summed E-state index contributed by atoms with van der Waals surface area (Å²) in [7, 11) is 0. The Kier molecular flexibility index (Phi) is 4.78. The first kappa shape index (κ1) is 17.9. The average Bonchev–Trinajstić information content (AvgIpc) is 3.14. The van der Waals surface area contributed by atoms with Crippen molar-refractivity contribution in [1.82, 2.24) is 19.4 Å². The zero-order valence-corrected chi connectivity index (χ0v) is 15.4. The second-order valence-electron chi connectivity index (χ2n) is 7.30. The summed E-state index contributed by atoms with van der Waals surface area (Å²) in [5.41, 5.74) is 1.37. The van der Waals surface area contributed by atoms with Crippen LogP contribution in [0, 0.1) is 12.7 Å². The second-order valence-corrected chi connectivity index (χ2v) is 7.30. The van der Waals surface area contributed by atoms with Gasteiger partial charge in [0.15, 0.2) is 0 Å². The molecule has 1 saturated heterocycles. The topological polar surface area (TPSA) is 58.4 Å². The molecule has 2 aromatic rings. The number of carbonyl (C=O) groups is 1. The van der Waals surface area contributed by atoms with Crippen molar-refractivity contribution in [3.63, 3.8) is 0 Å². The van der Waals surface area contributed by atoms with Crippen LogP contribution < -0.4 is 5.56 Å². The number of nitrogens with zero attached hydrogens (tertiary/aromatic N) is 4. The lowest BCUT2D eigenvalue weighted by molar-refractivity contribution is 0.0697. The van der Waals surface area contributed by atoms with Crippen LogP contribution in [0.1, 0.15) is 40.3 Å². The van der Waals surface area contributed by atoms with Gasteiger partial charge in [0.05, 0.1) is 17.8 Å². The highest BCUT2D eigenvalue weighted by Gasteiger charge is 2.27. The van der Waals surface area contributed by atoms with Gasteiger partial charge >= 0.3 is 0 Å². The minimum Gasteiger partial charge on any atom is -0.329 e. The normalized spacial score (nSPS) is 17.2. The summed E-state index contributed by atoms with van der Waals surface area (Å²) >= 11 is 0. The number of likely N-dealkylation sites (tertiary alicyclic amines) is 1. The van der Waals surface area contributed by atoms with Gasteiger partial charge in [-0.3, -0.25) is 19.1 Å². The number of hydrogen-bond donors (Lipinski definition) is 0. The Labute approximate surface area is 157 Å². The quantitative estimate of drug-likeness (QED) is 0.829. The van der Waals surface area contributed by atoms with Crippen molar-refractivity contribution in [2.24, 2.45) is 0 Å². The maximum absolute atomic E-state index is 14.2. The average molecular weight is 370 g/mol. The van der Waals surface area contributed by atoms with E-state index in [1.165, 1.54) is 18.9 Å². The predicted octanol–water partition coefficient (Wildman–Crippen LogP) is 1.94. The maximum Gasteiger partial charge on any atom is 0.257 e. The van der Waals surface area contributed by atoms with E-state index in [4.69, 9.17) is 0 Å². The van der Waals surface area contributed by atoms with E-state index in [0.717, 1.165) is 18.8 Å². The minimum absolute atomic E-state index is 0.0802. The van der Waals surface area contributed by atoms with Gasteiger partial charge in [0.1, 0.15) is 11.6 Å². The van der Waals surface area contributed by atoms with Gasteiger partial charge in [-0.05, 0) is 44.5 Å². The van der Waals surface area contributed by atoms with E-state index in [1.54, 1.807) is 34.6 Å². The van der Waals surface area contributed by atoms with Crippen molar-refractivity contribution in [2.45, 2.75) is 39.4 Å². The molecule has 2 aliphatic rings. The molecule has 1 aromatic carbocycles. The lowest BCUT2D eigenvalue weighted by Gasteiger charge is -2.30. The van der Waals surface area contributed by atoms with Crippen molar-refractivity contribution in [3.05, 3.63) is 63.1 Å². The summed E-state index contributed by atoms with van der Waals surface area (Å²) in [5.74, 6) is -0.292. The van der Waals surface area contributed by atoms with Crippen LogP contribution in [-0.4, -0.2) is 44.9 Å². The highest BCUT2D eigenvalue weighted by Crippen LogP contribution is 2.19. The number of fused-ring (bicyclic) bond motifs is 1. The fourth-order valence-electron chi connectivity index (χ4n) is 3.92. The second kappa shape index (κ2) is 7.23.